The summed E-state index contributed by atoms with van der Waals surface area (Å²) < 4.78 is 0. The molecule has 0 spiro atoms. The van der Waals surface area contributed by atoms with Gasteiger partial charge in [-0.3, -0.25) is 0 Å². The Hall–Kier alpha value is -0.790. The highest BCUT2D eigenvalue weighted by atomic mass is 16.4. The molecule has 1 saturated carbocycles. The molecule has 1 N–H and O–H groups in total. The van der Waals surface area contributed by atoms with Gasteiger partial charge in [0.1, 0.15) is 0 Å². The summed E-state index contributed by atoms with van der Waals surface area (Å²) in [5.74, 6) is 0.0173. The minimum absolute atomic E-state index is 0.578. The van der Waals surface area contributed by atoms with Gasteiger partial charge in [0.05, 0.1) is 0 Å². The normalized spacial score (nSPS) is 28.0. The fraction of sp³-hybridized carbons (Fsp3) is 0.727. The molecule has 0 saturated heterocycles. The smallest absolute Gasteiger partial charge is 0.331 e. The maximum Gasteiger partial charge on any atom is 0.331 e. The van der Waals surface area contributed by atoms with Gasteiger partial charge in [0, 0.05) is 5.57 Å². The topological polar surface area (TPSA) is 37.3 Å². The monoisotopic (exact) mass is 182 g/mol. The maximum absolute atomic E-state index is 10.7. The van der Waals surface area contributed by atoms with Crippen molar-refractivity contribution in [2.45, 2.75) is 46.0 Å². The summed E-state index contributed by atoms with van der Waals surface area (Å²) in [6.07, 6.45) is 5.53. The summed E-state index contributed by atoms with van der Waals surface area (Å²) >= 11 is 0. The quantitative estimate of drug-likeness (QED) is 0.500. The maximum atomic E-state index is 10.7. The molecule has 0 aromatic carbocycles. The van der Waals surface area contributed by atoms with Gasteiger partial charge < -0.3 is 5.11 Å². The van der Waals surface area contributed by atoms with Gasteiger partial charge in [-0.15, -0.1) is 0 Å². The van der Waals surface area contributed by atoms with Crippen LogP contribution in [0.1, 0.15) is 46.0 Å². The molecule has 0 bridgehead atoms. The zero-order chi connectivity index (χ0) is 9.84. The Morgan fingerprint density at radius 3 is 2.69 bits per heavy atom. The Labute approximate surface area is 79.6 Å². The van der Waals surface area contributed by atoms with Gasteiger partial charge in [0.15, 0.2) is 0 Å². The van der Waals surface area contributed by atoms with E-state index in [4.69, 9.17) is 5.11 Å². The second-order valence-corrected chi connectivity index (χ2v) is 4.07. The third kappa shape index (κ3) is 2.87. The van der Waals surface area contributed by atoms with Crippen LogP contribution in [0.15, 0.2) is 11.1 Å². The molecule has 74 valence electrons. The summed E-state index contributed by atoms with van der Waals surface area (Å²) in [4.78, 5) is 10.7. The van der Waals surface area contributed by atoms with Crippen LogP contribution in [-0.2, 0) is 4.79 Å². The molecule has 1 aliphatic rings. The molecule has 0 heterocycles. The van der Waals surface area contributed by atoms with Gasteiger partial charge in [-0.25, -0.2) is 4.79 Å². The molecule has 0 aliphatic heterocycles. The summed E-state index contributed by atoms with van der Waals surface area (Å²) in [6.45, 7) is 3.98. The van der Waals surface area contributed by atoms with Gasteiger partial charge in [0.25, 0.3) is 0 Å². The minimum Gasteiger partial charge on any atom is -0.478 e. The van der Waals surface area contributed by atoms with Crippen molar-refractivity contribution in [3.8, 4) is 0 Å². The SMILES string of the molecule is CC(C(=O)O)=C1CCCC(C)CC1. The van der Waals surface area contributed by atoms with Gasteiger partial charge in [-0.05, 0) is 38.5 Å². The molecule has 1 aliphatic carbocycles. The number of allylic oxidation sites excluding steroid dienone is 1. The number of carboxylic acid groups (broad SMARTS) is 1. The molecule has 1 atom stereocenters. The highest BCUT2D eigenvalue weighted by Gasteiger charge is 2.14. The van der Waals surface area contributed by atoms with Crippen LogP contribution in [0.3, 0.4) is 0 Å². The molecule has 0 radical (unpaired) electrons. The predicted molar refractivity (Wildman–Crippen MR) is 52.6 cm³/mol. The largest absolute Gasteiger partial charge is 0.478 e. The van der Waals surface area contributed by atoms with Crippen molar-refractivity contribution in [1.29, 1.82) is 0 Å². The Kier molecular flexibility index (Phi) is 3.52. The average Bonchev–Trinajstić information content (AvgIpc) is 2.28. The van der Waals surface area contributed by atoms with E-state index < -0.39 is 5.97 Å². The molecule has 2 nitrogen and oxygen atoms in total. The van der Waals surface area contributed by atoms with E-state index in [9.17, 15) is 4.79 Å². The first-order valence-corrected chi connectivity index (χ1v) is 5.03. The van der Waals surface area contributed by atoms with Crippen molar-refractivity contribution in [3.05, 3.63) is 11.1 Å². The molecular weight excluding hydrogens is 164 g/mol. The van der Waals surface area contributed by atoms with Crippen LogP contribution in [-0.4, -0.2) is 11.1 Å². The van der Waals surface area contributed by atoms with Crippen LogP contribution in [0.4, 0.5) is 0 Å². The number of carboxylic acids is 1. The second kappa shape index (κ2) is 4.45. The fourth-order valence-corrected chi connectivity index (χ4v) is 1.88. The first-order valence-electron chi connectivity index (χ1n) is 5.03. The zero-order valence-electron chi connectivity index (χ0n) is 8.47. The minimum atomic E-state index is -0.746. The molecule has 13 heavy (non-hydrogen) atoms. The van der Waals surface area contributed by atoms with Crippen LogP contribution in [0.25, 0.3) is 0 Å². The first kappa shape index (κ1) is 10.3. The molecule has 1 fully saturated rings. The van der Waals surface area contributed by atoms with Crippen LogP contribution in [0.5, 0.6) is 0 Å². The average molecular weight is 182 g/mol. The van der Waals surface area contributed by atoms with Crippen LogP contribution < -0.4 is 0 Å². The summed E-state index contributed by atoms with van der Waals surface area (Å²) in [7, 11) is 0. The van der Waals surface area contributed by atoms with Crippen molar-refractivity contribution in [1.82, 2.24) is 0 Å². The van der Waals surface area contributed by atoms with Gasteiger partial charge >= 0.3 is 5.97 Å². The molecule has 1 rings (SSSR count). The van der Waals surface area contributed by atoms with Gasteiger partial charge in [-0.1, -0.05) is 18.9 Å². The number of aliphatic carboxylic acids is 1. The number of hydrogen-bond donors (Lipinski definition) is 1. The van der Waals surface area contributed by atoms with Crippen LogP contribution in [0.2, 0.25) is 0 Å². The van der Waals surface area contributed by atoms with E-state index in [0.717, 1.165) is 37.2 Å². The molecule has 1 unspecified atom stereocenters. The van der Waals surface area contributed by atoms with Crippen molar-refractivity contribution >= 4 is 5.97 Å². The van der Waals surface area contributed by atoms with E-state index in [1.807, 2.05) is 0 Å². The number of carbonyl (C=O) groups is 1. The Morgan fingerprint density at radius 1 is 1.38 bits per heavy atom. The van der Waals surface area contributed by atoms with E-state index in [-0.39, 0.29) is 0 Å². The van der Waals surface area contributed by atoms with Crippen molar-refractivity contribution in [3.63, 3.8) is 0 Å². The van der Waals surface area contributed by atoms with Crippen molar-refractivity contribution in [2.75, 3.05) is 0 Å². The van der Waals surface area contributed by atoms with Crippen LogP contribution in [0, 0.1) is 5.92 Å². The van der Waals surface area contributed by atoms with Crippen LogP contribution >= 0.6 is 0 Å². The van der Waals surface area contributed by atoms with E-state index in [0.29, 0.717) is 5.57 Å². The lowest BCUT2D eigenvalue weighted by atomic mass is 10.0. The Morgan fingerprint density at radius 2 is 2.08 bits per heavy atom. The van der Waals surface area contributed by atoms with E-state index in [1.165, 1.54) is 6.42 Å². The Balaban J connectivity index is 2.70. The summed E-state index contributed by atoms with van der Waals surface area (Å²) in [5.41, 5.74) is 1.74. The van der Waals surface area contributed by atoms with Gasteiger partial charge in [-0.2, -0.15) is 0 Å². The zero-order valence-corrected chi connectivity index (χ0v) is 8.47. The summed E-state index contributed by atoms with van der Waals surface area (Å²) in [5, 5.41) is 8.83. The third-order valence-electron chi connectivity index (χ3n) is 2.97. The van der Waals surface area contributed by atoms with E-state index >= 15 is 0 Å². The highest BCUT2D eigenvalue weighted by Crippen LogP contribution is 2.28. The molecule has 0 aromatic heterocycles. The lowest BCUT2D eigenvalue weighted by Gasteiger charge is -2.06. The molecule has 0 amide bonds. The lowest BCUT2D eigenvalue weighted by Crippen LogP contribution is -2.01. The van der Waals surface area contributed by atoms with Crippen molar-refractivity contribution in [2.24, 2.45) is 5.92 Å². The van der Waals surface area contributed by atoms with E-state index in [2.05, 4.69) is 6.92 Å². The standard InChI is InChI=1S/C11H18O2/c1-8-4-3-5-10(7-6-8)9(2)11(12)13/h8H,3-7H2,1-2H3,(H,12,13). The first-order chi connectivity index (χ1) is 6.11. The lowest BCUT2D eigenvalue weighted by molar-refractivity contribution is -0.132. The third-order valence-corrected chi connectivity index (χ3v) is 2.97. The Bertz CT molecular complexity index is 228. The predicted octanol–water partition coefficient (Wildman–Crippen LogP) is 2.99. The number of rotatable bonds is 1. The molecule has 2 heteroatoms. The van der Waals surface area contributed by atoms with Gasteiger partial charge in [0.2, 0.25) is 0 Å². The summed E-state index contributed by atoms with van der Waals surface area (Å²) in [6, 6.07) is 0. The van der Waals surface area contributed by atoms with E-state index in [1.54, 1.807) is 6.92 Å². The number of hydrogen-bond acceptors (Lipinski definition) is 1. The molecule has 0 aromatic rings. The fourth-order valence-electron chi connectivity index (χ4n) is 1.88. The van der Waals surface area contributed by atoms with Crippen molar-refractivity contribution < 1.29 is 9.90 Å². The molecular formula is C11H18O2. The second-order valence-electron chi connectivity index (χ2n) is 4.07. The highest BCUT2D eigenvalue weighted by molar-refractivity contribution is 5.86.